The smallest absolute Gasteiger partial charge is 0.152 e. The molecule has 0 unspecified atom stereocenters. The van der Waals surface area contributed by atoms with Gasteiger partial charge in [-0.25, -0.2) is 4.39 Å². The Hall–Kier alpha value is -3.13. The maximum absolute atomic E-state index is 13.8. The van der Waals surface area contributed by atoms with Crippen molar-refractivity contribution in [2.75, 3.05) is 0 Å². The van der Waals surface area contributed by atoms with Gasteiger partial charge in [-0.15, -0.1) is 0 Å². The van der Waals surface area contributed by atoms with Crippen LogP contribution in [0.3, 0.4) is 0 Å². The van der Waals surface area contributed by atoms with Gasteiger partial charge in [0.2, 0.25) is 0 Å². The fourth-order valence-electron chi connectivity index (χ4n) is 3.27. The number of hydrogen-bond donors (Lipinski definition) is 0. The molecule has 4 rings (SSSR count). The largest absolute Gasteiger partial charge is 0.486 e. The van der Waals surface area contributed by atoms with Crippen LogP contribution in [0.5, 0.6) is 5.75 Å². The van der Waals surface area contributed by atoms with E-state index in [2.05, 4.69) is 22.0 Å². The zero-order chi connectivity index (χ0) is 21.8. The maximum atomic E-state index is 13.8. The zero-order valence-corrected chi connectivity index (χ0v) is 18.6. The highest BCUT2D eigenvalue weighted by atomic mass is 79.9. The Labute approximate surface area is 193 Å². The summed E-state index contributed by atoms with van der Waals surface area (Å²) in [5.41, 5.74) is 2.54. The number of ether oxygens (including phenoxy) is 1. The summed E-state index contributed by atoms with van der Waals surface area (Å²) in [4.78, 5) is 0. The standard InChI is InChI=1S/C26H16BrClFNO/c27-23-12-17(13-24(28)26(23)31-16-21-7-3-4-8-25(21)29)11-22(15-30)20-10-9-18-5-1-2-6-19(18)14-20/h1-14H,16H2/b22-11-. The van der Waals surface area contributed by atoms with Gasteiger partial charge in [-0.2, -0.15) is 5.26 Å². The van der Waals surface area contributed by atoms with Crippen LogP contribution in [0, 0.1) is 17.1 Å². The van der Waals surface area contributed by atoms with Gasteiger partial charge in [-0.1, -0.05) is 66.2 Å². The van der Waals surface area contributed by atoms with E-state index in [-0.39, 0.29) is 12.4 Å². The van der Waals surface area contributed by atoms with Crippen molar-refractivity contribution >= 4 is 50.0 Å². The van der Waals surface area contributed by atoms with Gasteiger partial charge < -0.3 is 4.74 Å². The van der Waals surface area contributed by atoms with E-state index < -0.39 is 0 Å². The first kappa shape index (κ1) is 21.1. The van der Waals surface area contributed by atoms with Crippen LogP contribution < -0.4 is 4.74 Å². The van der Waals surface area contributed by atoms with Gasteiger partial charge in [0.25, 0.3) is 0 Å². The predicted octanol–water partition coefficient (Wildman–Crippen LogP) is 8.04. The first-order chi connectivity index (χ1) is 15.0. The number of nitriles is 1. The molecule has 0 aliphatic heterocycles. The Morgan fingerprint density at radius 3 is 2.48 bits per heavy atom. The minimum Gasteiger partial charge on any atom is -0.486 e. The number of nitrogens with zero attached hydrogens (tertiary/aromatic N) is 1. The normalized spacial score (nSPS) is 11.4. The molecular formula is C26H16BrClFNO. The number of halogens is 3. The average Bonchev–Trinajstić information content (AvgIpc) is 2.77. The van der Waals surface area contributed by atoms with E-state index in [4.69, 9.17) is 16.3 Å². The van der Waals surface area contributed by atoms with Crippen molar-refractivity contribution in [3.63, 3.8) is 0 Å². The van der Waals surface area contributed by atoms with Gasteiger partial charge in [0.1, 0.15) is 12.4 Å². The molecule has 0 amide bonds. The first-order valence-corrected chi connectivity index (χ1v) is 10.7. The minimum atomic E-state index is -0.330. The monoisotopic (exact) mass is 491 g/mol. The quantitative estimate of drug-likeness (QED) is 0.209. The highest BCUT2D eigenvalue weighted by Crippen LogP contribution is 2.36. The maximum Gasteiger partial charge on any atom is 0.152 e. The van der Waals surface area contributed by atoms with E-state index in [9.17, 15) is 9.65 Å². The van der Waals surface area contributed by atoms with Gasteiger partial charge in [-0.3, -0.25) is 0 Å². The molecule has 4 aromatic rings. The number of rotatable bonds is 5. The minimum absolute atomic E-state index is 0.0563. The summed E-state index contributed by atoms with van der Waals surface area (Å²) in [5, 5.41) is 12.3. The molecule has 31 heavy (non-hydrogen) atoms. The van der Waals surface area contributed by atoms with E-state index in [1.165, 1.54) is 6.07 Å². The van der Waals surface area contributed by atoms with Crippen molar-refractivity contribution in [3.05, 3.63) is 111 Å². The fourth-order valence-corrected chi connectivity index (χ4v) is 4.26. The Morgan fingerprint density at radius 1 is 1.00 bits per heavy atom. The molecule has 152 valence electrons. The molecule has 0 aromatic heterocycles. The van der Waals surface area contributed by atoms with E-state index >= 15 is 0 Å². The van der Waals surface area contributed by atoms with E-state index in [1.54, 1.807) is 30.3 Å². The van der Waals surface area contributed by atoms with Crippen LogP contribution in [0.4, 0.5) is 4.39 Å². The van der Waals surface area contributed by atoms with E-state index in [0.717, 1.165) is 21.9 Å². The Morgan fingerprint density at radius 2 is 1.74 bits per heavy atom. The highest BCUT2D eigenvalue weighted by Gasteiger charge is 2.12. The molecule has 0 heterocycles. The van der Waals surface area contributed by atoms with E-state index in [0.29, 0.717) is 26.4 Å². The molecule has 4 aromatic carbocycles. The molecule has 0 atom stereocenters. The van der Waals surface area contributed by atoms with E-state index in [1.807, 2.05) is 48.5 Å². The SMILES string of the molecule is N#C/C(=C/c1cc(Cl)c(OCc2ccccc2F)c(Br)c1)c1ccc2ccccc2c1. The lowest BCUT2D eigenvalue weighted by molar-refractivity contribution is 0.298. The van der Waals surface area contributed by atoms with Gasteiger partial charge in [-0.05, 0) is 68.2 Å². The second-order valence-electron chi connectivity index (χ2n) is 6.93. The molecule has 0 spiro atoms. The molecule has 2 nitrogen and oxygen atoms in total. The van der Waals surface area contributed by atoms with Crippen LogP contribution in [-0.2, 0) is 6.61 Å². The van der Waals surface area contributed by atoms with Crippen molar-refractivity contribution in [2.45, 2.75) is 6.61 Å². The molecule has 0 saturated carbocycles. The average molecular weight is 493 g/mol. The predicted molar refractivity (Wildman–Crippen MR) is 127 cm³/mol. The summed E-state index contributed by atoms with van der Waals surface area (Å²) in [7, 11) is 0. The number of hydrogen-bond acceptors (Lipinski definition) is 2. The van der Waals surface area contributed by atoms with Gasteiger partial charge >= 0.3 is 0 Å². The fraction of sp³-hybridized carbons (Fsp3) is 0.0385. The Kier molecular flexibility index (Phi) is 6.36. The van der Waals surface area contributed by atoms with Crippen LogP contribution in [0.15, 0.2) is 83.3 Å². The zero-order valence-electron chi connectivity index (χ0n) is 16.3. The van der Waals surface area contributed by atoms with Crippen LogP contribution in [0.2, 0.25) is 5.02 Å². The van der Waals surface area contributed by atoms with Crippen molar-refractivity contribution in [1.29, 1.82) is 5.26 Å². The summed E-state index contributed by atoms with van der Waals surface area (Å²) in [5.74, 6) is 0.0922. The molecule has 0 N–H and O–H groups in total. The van der Waals surface area contributed by atoms with Gasteiger partial charge in [0.15, 0.2) is 5.75 Å². The third-order valence-electron chi connectivity index (χ3n) is 4.84. The lowest BCUT2D eigenvalue weighted by Crippen LogP contribution is -1.99. The Balaban J connectivity index is 1.62. The first-order valence-electron chi connectivity index (χ1n) is 9.51. The summed E-state index contributed by atoms with van der Waals surface area (Å²) >= 11 is 9.91. The molecule has 0 bridgehead atoms. The lowest BCUT2D eigenvalue weighted by Gasteiger charge is -2.12. The topological polar surface area (TPSA) is 33.0 Å². The highest BCUT2D eigenvalue weighted by molar-refractivity contribution is 9.10. The number of allylic oxidation sites excluding steroid dienone is 1. The van der Waals surface area contributed by atoms with Crippen LogP contribution in [-0.4, -0.2) is 0 Å². The third-order valence-corrected chi connectivity index (χ3v) is 5.71. The molecule has 0 fully saturated rings. The molecule has 0 aliphatic rings. The summed E-state index contributed by atoms with van der Waals surface area (Å²) in [6.45, 7) is 0.0563. The van der Waals surface area contributed by atoms with Crippen molar-refractivity contribution < 1.29 is 9.13 Å². The second kappa shape index (κ2) is 9.34. The van der Waals surface area contributed by atoms with Crippen LogP contribution in [0.1, 0.15) is 16.7 Å². The summed E-state index contributed by atoms with van der Waals surface area (Å²) in [6, 6.07) is 26.2. The van der Waals surface area contributed by atoms with Crippen molar-refractivity contribution in [1.82, 2.24) is 0 Å². The number of fused-ring (bicyclic) bond motifs is 1. The van der Waals surface area contributed by atoms with Crippen molar-refractivity contribution in [2.24, 2.45) is 0 Å². The van der Waals surface area contributed by atoms with Crippen molar-refractivity contribution in [3.8, 4) is 11.8 Å². The second-order valence-corrected chi connectivity index (χ2v) is 8.19. The summed E-state index contributed by atoms with van der Waals surface area (Å²) < 4.78 is 20.2. The van der Waals surface area contributed by atoms with Crippen LogP contribution >= 0.6 is 27.5 Å². The third kappa shape index (κ3) is 4.80. The Bertz CT molecular complexity index is 1320. The van der Waals surface area contributed by atoms with Gasteiger partial charge in [0, 0.05) is 5.56 Å². The molecule has 0 aliphatic carbocycles. The summed E-state index contributed by atoms with van der Waals surface area (Å²) in [6.07, 6.45) is 1.78. The number of benzene rings is 4. The van der Waals surface area contributed by atoms with Gasteiger partial charge in [0.05, 0.1) is 21.1 Å². The molecule has 0 radical (unpaired) electrons. The molecule has 5 heteroatoms. The molecule has 0 saturated heterocycles. The lowest BCUT2D eigenvalue weighted by atomic mass is 10.00. The molecular weight excluding hydrogens is 477 g/mol. The van der Waals surface area contributed by atoms with Crippen LogP contribution in [0.25, 0.3) is 22.4 Å².